The lowest BCUT2D eigenvalue weighted by molar-refractivity contribution is -0.125. The second kappa shape index (κ2) is 5.59. The van der Waals surface area contributed by atoms with Gasteiger partial charge in [0.25, 0.3) is 0 Å². The van der Waals surface area contributed by atoms with Gasteiger partial charge in [0.1, 0.15) is 5.75 Å². The summed E-state index contributed by atoms with van der Waals surface area (Å²) in [7, 11) is 0. The number of para-hydroxylation sites is 2. The van der Waals surface area contributed by atoms with Crippen LogP contribution in [0.1, 0.15) is 13.8 Å². The van der Waals surface area contributed by atoms with Crippen LogP contribution in [0.15, 0.2) is 24.3 Å². The maximum atomic E-state index is 11.9. The third-order valence-corrected chi connectivity index (χ3v) is 2.96. The smallest absolute Gasteiger partial charge is 0.238 e. The van der Waals surface area contributed by atoms with Gasteiger partial charge >= 0.3 is 0 Å². The molecule has 0 aliphatic carbocycles. The largest absolute Gasteiger partial charge is 0.492 e. The van der Waals surface area contributed by atoms with E-state index in [0.29, 0.717) is 31.1 Å². The van der Waals surface area contributed by atoms with E-state index in [4.69, 9.17) is 4.74 Å². The molecule has 0 unspecified atom stereocenters. The van der Waals surface area contributed by atoms with E-state index in [0.717, 1.165) is 0 Å². The van der Waals surface area contributed by atoms with Crippen molar-refractivity contribution >= 4 is 11.6 Å². The molecule has 1 fully saturated rings. The molecular weight excluding hydrogens is 244 g/mol. The first-order chi connectivity index (χ1) is 9.00. The van der Waals surface area contributed by atoms with Gasteiger partial charge < -0.3 is 15.2 Å². The number of amides is 1. The minimum Gasteiger partial charge on any atom is -0.492 e. The number of anilines is 1. The molecule has 0 spiro atoms. The van der Waals surface area contributed by atoms with Crippen LogP contribution in [-0.2, 0) is 4.79 Å². The number of benzene rings is 1. The number of hydrogen-bond acceptors (Lipinski definition) is 4. The summed E-state index contributed by atoms with van der Waals surface area (Å²) in [5.41, 5.74) is 0.0328. The highest BCUT2D eigenvalue weighted by molar-refractivity contribution is 5.93. The minimum atomic E-state index is -0.649. The quantitative estimate of drug-likeness (QED) is 0.835. The molecule has 104 valence electrons. The molecule has 2 N–H and O–H groups in total. The number of carbonyl (C=O) groups is 1. The van der Waals surface area contributed by atoms with Crippen molar-refractivity contribution in [1.29, 1.82) is 0 Å². The maximum Gasteiger partial charge on any atom is 0.238 e. The van der Waals surface area contributed by atoms with Crippen LogP contribution in [0.3, 0.4) is 0 Å². The highest BCUT2D eigenvalue weighted by Gasteiger charge is 2.37. The monoisotopic (exact) mass is 264 g/mol. The van der Waals surface area contributed by atoms with Crippen molar-refractivity contribution < 1.29 is 14.6 Å². The van der Waals surface area contributed by atoms with E-state index in [2.05, 4.69) is 5.32 Å². The lowest BCUT2D eigenvalue weighted by atomic mass is 9.97. The van der Waals surface area contributed by atoms with Gasteiger partial charge in [-0.25, -0.2) is 0 Å². The molecule has 5 heteroatoms. The molecular formula is C14H20N2O3. The first-order valence-corrected chi connectivity index (χ1v) is 6.46. The van der Waals surface area contributed by atoms with Gasteiger partial charge in [-0.3, -0.25) is 9.69 Å². The Morgan fingerprint density at radius 1 is 1.47 bits per heavy atom. The van der Waals surface area contributed by atoms with Gasteiger partial charge in [-0.05, 0) is 26.0 Å². The fraction of sp³-hybridized carbons (Fsp3) is 0.500. The van der Waals surface area contributed by atoms with Gasteiger partial charge in [0.2, 0.25) is 5.91 Å². The van der Waals surface area contributed by atoms with Crippen LogP contribution in [-0.4, -0.2) is 47.8 Å². The molecule has 2 rings (SSSR count). The zero-order valence-corrected chi connectivity index (χ0v) is 11.3. The Morgan fingerprint density at radius 3 is 2.79 bits per heavy atom. The normalized spacial score (nSPS) is 17.6. The van der Waals surface area contributed by atoms with Crippen molar-refractivity contribution in [2.45, 2.75) is 19.4 Å². The predicted molar refractivity (Wildman–Crippen MR) is 73.3 cm³/mol. The summed E-state index contributed by atoms with van der Waals surface area (Å²) in [6, 6.07) is 7.36. The van der Waals surface area contributed by atoms with Gasteiger partial charge in [0.15, 0.2) is 0 Å². The molecule has 0 bridgehead atoms. The summed E-state index contributed by atoms with van der Waals surface area (Å²) in [6.07, 6.45) is 0. The first kappa shape index (κ1) is 13.8. The van der Waals surface area contributed by atoms with Crippen molar-refractivity contribution in [2.24, 2.45) is 0 Å². The number of β-amino-alcohol motifs (C(OH)–C–C–N with tert-alkyl or cyclic N) is 1. The minimum absolute atomic E-state index is 0.0948. The van der Waals surface area contributed by atoms with Crippen LogP contribution in [0.25, 0.3) is 0 Å². The maximum absolute atomic E-state index is 11.9. The number of nitrogens with zero attached hydrogens (tertiary/aromatic N) is 1. The average Bonchev–Trinajstić information content (AvgIpc) is 2.29. The summed E-state index contributed by atoms with van der Waals surface area (Å²) in [6.45, 7) is 5.59. The highest BCUT2D eigenvalue weighted by Crippen LogP contribution is 2.24. The lowest BCUT2D eigenvalue weighted by Gasteiger charge is -2.43. The van der Waals surface area contributed by atoms with Gasteiger partial charge in [-0.1, -0.05) is 12.1 Å². The van der Waals surface area contributed by atoms with Crippen molar-refractivity contribution in [3.05, 3.63) is 24.3 Å². The third kappa shape index (κ3) is 3.68. The van der Waals surface area contributed by atoms with Crippen molar-refractivity contribution in [3.8, 4) is 5.75 Å². The Hall–Kier alpha value is -1.59. The lowest BCUT2D eigenvalue weighted by Crippen LogP contribution is -2.61. The Labute approximate surface area is 113 Å². The number of aliphatic hydroxyl groups is 1. The Bertz CT molecular complexity index is 452. The van der Waals surface area contributed by atoms with Crippen molar-refractivity contribution in [3.63, 3.8) is 0 Å². The number of carbonyl (C=O) groups excluding carboxylic acids is 1. The molecule has 1 aromatic rings. The molecule has 1 heterocycles. The molecule has 0 atom stereocenters. The molecule has 0 saturated carbocycles. The van der Waals surface area contributed by atoms with E-state index < -0.39 is 5.60 Å². The Morgan fingerprint density at radius 2 is 2.16 bits per heavy atom. The van der Waals surface area contributed by atoms with Gasteiger partial charge in [0, 0.05) is 13.1 Å². The molecule has 0 radical (unpaired) electrons. The summed E-state index contributed by atoms with van der Waals surface area (Å²) >= 11 is 0. The van der Waals surface area contributed by atoms with Crippen LogP contribution in [0.5, 0.6) is 5.75 Å². The van der Waals surface area contributed by atoms with Crippen molar-refractivity contribution in [1.82, 2.24) is 4.90 Å². The second-order valence-electron chi connectivity index (χ2n) is 5.12. The van der Waals surface area contributed by atoms with Crippen LogP contribution < -0.4 is 10.1 Å². The van der Waals surface area contributed by atoms with E-state index in [1.807, 2.05) is 36.1 Å². The zero-order chi connectivity index (χ0) is 13.9. The summed E-state index contributed by atoms with van der Waals surface area (Å²) in [5, 5.41) is 12.4. The predicted octanol–water partition coefficient (Wildman–Crippen LogP) is 1.09. The molecule has 1 aromatic carbocycles. The van der Waals surface area contributed by atoms with E-state index in [1.54, 1.807) is 6.92 Å². The molecule has 1 saturated heterocycles. The number of nitrogens with one attached hydrogen (secondary N) is 1. The Balaban J connectivity index is 1.89. The number of hydrogen-bond donors (Lipinski definition) is 2. The summed E-state index contributed by atoms with van der Waals surface area (Å²) in [4.78, 5) is 13.8. The highest BCUT2D eigenvalue weighted by atomic mass is 16.5. The van der Waals surface area contributed by atoms with Gasteiger partial charge in [-0.2, -0.15) is 0 Å². The standard InChI is InChI=1S/C14H20N2O3/c1-3-19-12-7-5-4-6-11(12)15-13(17)8-16-9-14(2,18)10-16/h4-7,18H,3,8-10H2,1-2H3,(H,15,17). The van der Waals surface area contributed by atoms with E-state index in [9.17, 15) is 9.90 Å². The molecule has 0 aromatic heterocycles. The molecule has 19 heavy (non-hydrogen) atoms. The topological polar surface area (TPSA) is 61.8 Å². The number of rotatable bonds is 5. The SMILES string of the molecule is CCOc1ccccc1NC(=O)CN1CC(C)(O)C1. The van der Waals surface area contributed by atoms with Crippen LogP contribution in [0, 0.1) is 0 Å². The van der Waals surface area contributed by atoms with Crippen LogP contribution >= 0.6 is 0 Å². The van der Waals surface area contributed by atoms with E-state index in [-0.39, 0.29) is 12.5 Å². The third-order valence-electron chi connectivity index (χ3n) is 2.96. The van der Waals surface area contributed by atoms with Crippen molar-refractivity contribution in [2.75, 3.05) is 31.6 Å². The molecule has 1 aliphatic rings. The molecule has 5 nitrogen and oxygen atoms in total. The average molecular weight is 264 g/mol. The molecule has 1 aliphatic heterocycles. The zero-order valence-electron chi connectivity index (χ0n) is 11.3. The van der Waals surface area contributed by atoms with E-state index in [1.165, 1.54) is 0 Å². The van der Waals surface area contributed by atoms with Crippen LogP contribution in [0.4, 0.5) is 5.69 Å². The number of ether oxygens (including phenoxy) is 1. The number of likely N-dealkylation sites (tertiary alicyclic amines) is 1. The van der Waals surface area contributed by atoms with E-state index >= 15 is 0 Å². The van der Waals surface area contributed by atoms with Crippen LogP contribution in [0.2, 0.25) is 0 Å². The Kier molecular flexibility index (Phi) is 4.07. The van der Waals surface area contributed by atoms with Gasteiger partial charge in [-0.15, -0.1) is 0 Å². The molecule has 1 amide bonds. The summed E-state index contributed by atoms with van der Waals surface area (Å²) in [5.74, 6) is 0.580. The fourth-order valence-electron chi connectivity index (χ4n) is 2.27. The summed E-state index contributed by atoms with van der Waals surface area (Å²) < 4.78 is 5.45. The first-order valence-electron chi connectivity index (χ1n) is 6.46. The van der Waals surface area contributed by atoms with Gasteiger partial charge in [0.05, 0.1) is 24.4 Å². The fourth-order valence-corrected chi connectivity index (χ4v) is 2.27. The second-order valence-corrected chi connectivity index (χ2v) is 5.12.